The Hall–Kier alpha value is -1.33. The maximum atomic E-state index is 11.0. The molecule has 0 bridgehead atoms. The average Bonchev–Trinajstić information content (AvgIpc) is 2.69. The molecule has 17 heavy (non-hydrogen) atoms. The van der Waals surface area contributed by atoms with E-state index in [1.54, 1.807) is 0 Å². The first-order chi connectivity index (χ1) is 8.16. The van der Waals surface area contributed by atoms with Gasteiger partial charge in [0.25, 0.3) is 0 Å². The quantitative estimate of drug-likeness (QED) is 0.860. The van der Waals surface area contributed by atoms with Crippen molar-refractivity contribution in [3.05, 3.63) is 45.8 Å². The Kier molecular flexibility index (Phi) is 3.81. The van der Waals surface area contributed by atoms with E-state index >= 15 is 0 Å². The van der Waals surface area contributed by atoms with Crippen LogP contribution in [0.4, 0.5) is 0 Å². The summed E-state index contributed by atoms with van der Waals surface area (Å²) in [5, 5.41) is 10.4. The molecule has 0 unspecified atom stereocenters. The molecule has 0 saturated heterocycles. The Morgan fingerprint density at radius 1 is 1.41 bits per heavy atom. The molecule has 1 aromatic heterocycles. The lowest BCUT2D eigenvalue weighted by molar-refractivity contribution is 0.0698. The van der Waals surface area contributed by atoms with Gasteiger partial charge in [-0.1, -0.05) is 42.1 Å². The summed E-state index contributed by atoms with van der Waals surface area (Å²) in [5.41, 5.74) is 1.17. The predicted octanol–water partition coefficient (Wildman–Crippen LogP) is 3.44. The van der Waals surface area contributed by atoms with E-state index in [1.165, 1.54) is 28.7 Å². The summed E-state index contributed by atoms with van der Waals surface area (Å²) in [6.45, 7) is 1.82. The van der Waals surface area contributed by atoms with E-state index in [-0.39, 0.29) is 0 Å². The summed E-state index contributed by atoms with van der Waals surface area (Å²) < 4.78 is 0. The van der Waals surface area contributed by atoms with Crippen molar-refractivity contribution < 1.29 is 9.90 Å². The Morgan fingerprint density at radius 3 is 2.76 bits per heavy atom. The molecule has 0 spiro atoms. The lowest BCUT2D eigenvalue weighted by Gasteiger charge is -1.99. The Morgan fingerprint density at radius 2 is 2.12 bits per heavy atom. The molecule has 1 heterocycles. The van der Waals surface area contributed by atoms with Crippen LogP contribution in [0.5, 0.6) is 0 Å². The van der Waals surface area contributed by atoms with Gasteiger partial charge in [0.2, 0.25) is 0 Å². The molecule has 1 N–H and O–H groups in total. The van der Waals surface area contributed by atoms with Crippen molar-refractivity contribution in [1.29, 1.82) is 0 Å². The molecule has 0 fully saturated rings. The zero-order valence-electron chi connectivity index (χ0n) is 9.21. The normalized spacial score (nSPS) is 10.4. The number of hydrogen-bond acceptors (Lipinski definition) is 4. The molecule has 2 rings (SSSR count). The minimum absolute atomic E-state index is 0.337. The van der Waals surface area contributed by atoms with Crippen LogP contribution in [0.15, 0.2) is 35.4 Å². The Bertz CT molecular complexity index is 523. The second-order valence-electron chi connectivity index (χ2n) is 3.45. The topological polar surface area (TPSA) is 50.2 Å². The third-order valence-corrected chi connectivity index (χ3v) is 4.25. The minimum Gasteiger partial charge on any atom is -0.477 e. The zero-order chi connectivity index (χ0) is 12.3. The predicted molar refractivity (Wildman–Crippen MR) is 69.8 cm³/mol. The molecule has 0 amide bonds. The molecule has 0 atom stereocenters. The number of carboxylic acids is 1. The number of aryl methyl sites for hydroxylation is 1. The van der Waals surface area contributed by atoms with Gasteiger partial charge in [0.1, 0.15) is 9.90 Å². The molecule has 0 radical (unpaired) electrons. The van der Waals surface area contributed by atoms with Crippen LogP contribution in [0.1, 0.15) is 20.2 Å². The SMILES string of the molecule is Cc1nc(SCc2ccccc2)c(C(=O)O)s1. The smallest absolute Gasteiger partial charge is 0.348 e. The van der Waals surface area contributed by atoms with Crippen LogP contribution in [0.2, 0.25) is 0 Å². The summed E-state index contributed by atoms with van der Waals surface area (Å²) in [6, 6.07) is 9.95. The molecule has 3 nitrogen and oxygen atoms in total. The van der Waals surface area contributed by atoms with Crippen molar-refractivity contribution in [2.24, 2.45) is 0 Å². The van der Waals surface area contributed by atoms with Crippen LogP contribution in [-0.2, 0) is 5.75 Å². The number of rotatable bonds is 4. The number of carboxylic acid groups (broad SMARTS) is 1. The molecule has 0 aliphatic rings. The van der Waals surface area contributed by atoms with Gasteiger partial charge < -0.3 is 5.11 Å². The molecule has 0 aliphatic heterocycles. The van der Waals surface area contributed by atoms with E-state index in [2.05, 4.69) is 4.98 Å². The summed E-state index contributed by atoms with van der Waals surface area (Å²) in [6.07, 6.45) is 0. The summed E-state index contributed by atoms with van der Waals surface area (Å²) in [4.78, 5) is 15.6. The molecule has 0 aliphatic carbocycles. The highest BCUT2D eigenvalue weighted by Crippen LogP contribution is 2.29. The monoisotopic (exact) mass is 265 g/mol. The van der Waals surface area contributed by atoms with Crippen LogP contribution >= 0.6 is 23.1 Å². The summed E-state index contributed by atoms with van der Waals surface area (Å²) in [5.74, 6) is -0.157. The highest BCUT2D eigenvalue weighted by molar-refractivity contribution is 7.98. The molecule has 1 aromatic carbocycles. The highest BCUT2D eigenvalue weighted by Gasteiger charge is 2.15. The first-order valence-corrected chi connectivity index (χ1v) is 6.84. The number of nitrogens with zero attached hydrogens (tertiary/aromatic N) is 1. The molecular formula is C12H11NO2S2. The third kappa shape index (κ3) is 3.08. The van der Waals surface area contributed by atoms with Gasteiger partial charge in [0.15, 0.2) is 0 Å². The van der Waals surface area contributed by atoms with Crippen LogP contribution < -0.4 is 0 Å². The minimum atomic E-state index is -0.897. The Labute approximate surface area is 108 Å². The molecule has 88 valence electrons. The van der Waals surface area contributed by atoms with Crippen LogP contribution in [0, 0.1) is 6.92 Å². The first kappa shape index (κ1) is 12.1. The van der Waals surface area contributed by atoms with E-state index in [9.17, 15) is 4.79 Å². The number of aromatic carboxylic acids is 1. The van der Waals surface area contributed by atoms with Crippen molar-refractivity contribution in [1.82, 2.24) is 4.98 Å². The van der Waals surface area contributed by atoms with Crippen molar-refractivity contribution in [2.45, 2.75) is 17.7 Å². The van der Waals surface area contributed by atoms with Crippen molar-refractivity contribution in [3.8, 4) is 0 Å². The van der Waals surface area contributed by atoms with Gasteiger partial charge in [0.05, 0.1) is 5.01 Å². The van der Waals surface area contributed by atoms with Gasteiger partial charge in [-0.25, -0.2) is 9.78 Å². The molecule has 5 heteroatoms. The van der Waals surface area contributed by atoms with Gasteiger partial charge in [-0.3, -0.25) is 0 Å². The van der Waals surface area contributed by atoms with Gasteiger partial charge in [-0.05, 0) is 12.5 Å². The number of thiazole rings is 1. The lowest BCUT2D eigenvalue weighted by Crippen LogP contribution is -1.94. The first-order valence-electron chi connectivity index (χ1n) is 5.04. The van der Waals surface area contributed by atoms with E-state index in [4.69, 9.17) is 5.11 Å². The largest absolute Gasteiger partial charge is 0.477 e. The molecular weight excluding hydrogens is 254 g/mol. The number of thioether (sulfide) groups is 1. The highest BCUT2D eigenvalue weighted by atomic mass is 32.2. The average molecular weight is 265 g/mol. The van der Waals surface area contributed by atoms with E-state index < -0.39 is 5.97 Å². The van der Waals surface area contributed by atoms with E-state index in [0.717, 1.165) is 10.8 Å². The second-order valence-corrected chi connectivity index (χ2v) is 5.61. The molecule has 0 saturated carbocycles. The zero-order valence-corrected chi connectivity index (χ0v) is 10.8. The Balaban J connectivity index is 2.11. The van der Waals surface area contributed by atoms with Crippen molar-refractivity contribution in [2.75, 3.05) is 0 Å². The summed E-state index contributed by atoms with van der Waals surface area (Å²) in [7, 11) is 0. The van der Waals surface area contributed by atoms with E-state index in [0.29, 0.717) is 9.90 Å². The number of benzene rings is 1. The second kappa shape index (κ2) is 5.33. The number of aromatic nitrogens is 1. The third-order valence-electron chi connectivity index (χ3n) is 2.12. The van der Waals surface area contributed by atoms with Crippen molar-refractivity contribution in [3.63, 3.8) is 0 Å². The van der Waals surface area contributed by atoms with Gasteiger partial charge in [0, 0.05) is 5.75 Å². The van der Waals surface area contributed by atoms with Crippen LogP contribution in [0.3, 0.4) is 0 Å². The van der Waals surface area contributed by atoms with Crippen LogP contribution in [0.25, 0.3) is 0 Å². The number of carbonyl (C=O) groups is 1. The van der Waals surface area contributed by atoms with Gasteiger partial charge >= 0.3 is 5.97 Å². The fraction of sp³-hybridized carbons (Fsp3) is 0.167. The van der Waals surface area contributed by atoms with Gasteiger partial charge in [-0.2, -0.15) is 0 Å². The standard InChI is InChI=1S/C12H11NO2S2/c1-8-13-11(10(17-8)12(14)15)16-7-9-5-3-2-4-6-9/h2-6H,7H2,1H3,(H,14,15). The fourth-order valence-electron chi connectivity index (χ4n) is 1.37. The summed E-state index contributed by atoms with van der Waals surface area (Å²) >= 11 is 2.69. The number of hydrogen-bond donors (Lipinski definition) is 1. The van der Waals surface area contributed by atoms with Crippen LogP contribution in [-0.4, -0.2) is 16.1 Å². The molecule has 2 aromatic rings. The fourth-order valence-corrected chi connectivity index (χ4v) is 3.29. The van der Waals surface area contributed by atoms with E-state index in [1.807, 2.05) is 37.3 Å². The maximum Gasteiger partial charge on any atom is 0.348 e. The van der Waals surface area contributed by atoms with Crippen molar-refractivity contribution >= 4 is 29.1 Å². The lowest BCUT2D eigenvalue weighted by atomic mass is 10.2. The maximum absolute atomic E-state index is 11.0. The van der Waals surface area contributed by atoms with Gasteiger partial charge in [-0.15, -0.1) is 11.3 Å².